The summed E-state index contributed by atoms with van der Waals surface area (Å²) >= 11 is 12.1. The summed E-state index contributed by atoms with van der Waals surface area (Å²) < 4.78 is 27.5. The van der Waals surface area contributed by atoms with Crippen LogP contribution < -0.4 is 5.32 Å². The summed E-state index contributed by atoms with van der Waals surface area (Å²) in [6, 6.07) is 11.2. The molecule has 1 aliphatic heterocycles. The van der Waals surface area contributed by atoms with E-state index in [1.165, 1.54) is 28.3 Å². The average Bonchev–Trinajstić information content (AvgIpc) is 2.80. The number of aryl methyl sites for hydroxylation is 2. The van der Waals surface area contributed by atoms with Crippen LogP contribution in [0.1, 0.15) is 60.9 Å². The molecule has 2 aromatic rings. The molecule has 0 bridgehead atoms. The van der Waals surface area contributed by atoms with Crippen LogP contribution in [-0.4, -0.2) is 31.7 Å². The van der Waals surface area contributed by atoms with Gasteiger partial charge in [-0.15, -0.1) is 0 Å². The van der Waals surface area contributed by atoms with Crippen LogP contribution in [0.3, 0.4) is 0 Å². The van der Waals surface area contributed by atoms with Gasteiger partial charge in [0.25, 0.3) is 0 Å². The molecule has 0 spiro atoms. The second kappa shape index (κ2) is 10.3. The number of carbonyl (C=O) groups excluding carboxylic acids is 1. The zero-order valence-electron chi connectivity index (χ0n) is 18.8. The molecule has 4 rings (SSSR count). The molecule has 8 heteroatoms. The second-order valence-electron chi connectivity index (χ2n) is 9.15. The predicted octanol–water partition coefficient (Wildman–Crippen LogP) is 5.29. The number of nitrogens with zero attached hydrogens (tertiary/aromatic N) is 1. The summed E-state index contributed by atoms with van der Waals surface area (Å²) in [6.07, 6.45) is 6.00. The highest BCUT2D eigenvalue weighted by Crippen LogP contribution is 2.28. The van der Waals surface area contributed by atoms with Crippen molar-refractivity contribution in [3.63, 3.8) is 0 Å². The maximum Gasteiger partial charge on any atom is 0.224 e. The molecule has 33 heavy (non-hydrogen) atoms. The van der Waals surface area contributed by atoms with E-state index in [9.17, 15) is 13.2 Å². The van der Waals surface area contributed by atoms with Crippen molar-refractivity contribution >= 4 is 39.1 Å². The van der Waals surface area contributed by atoms with Gasteiger partial charge in [-0.25, -0.2) is 12.7 Å². The first kappa shape index (κ1) is 24.5. The Morgan fingerprint density at radius 1 is 1.09 bits per heavy atom. The molecule has 2 atom stereocenters. The molecule has 5 nitrogen and oxygen atoms in total. The molecule has 0 radical (unpaired) electrons. The first-order valence-corrected chi connectivity index (χ1v) is 13.9. The maximum absolute atomic E-state index is 13.0. The molecule has 1 amide bonds. The largest absolute Gasteiger partial charge is 0.349 e. The van der Waals surface area contributed by atoms with Crippen LogP contribution in [-0.2, 0) is 33.4 Å². The van der Waals surface area contributed by atoms with Gasteiger partial charge in [0.2, 0.25) is 15.9 Å². The van der Waals surface area contributed by atoms with Gasteiger partial charge in [0, 0.05) is 23.1 Å². The minimum atomic E-state index is -3.60. The molecule has 1 saturated heterocycles. The van der Waals surface area contributed by atoms with Crippen LogP contribution in [0, 0.1) is 5.92 Å². The van der Waals surface area contributed by atoms with Crippen LogP contribution in [0.5, 0.6) is 0 Å². The molecule has 1 fully saturated rings. The van der Waals surface area contributed by atoms with Crippen molar-refractivity contribution in [3.05, 3.63) is 68.7 Å². The Kier molecular flexibility index (Phi) is 7.69. The molecule has 1 aliphatic carbocycles. The quantitative estimate of drug-likeness (QED) is 0.576. The van der Waals surface area contributed by atoms with E-state index in [1.807, 2.05) is 6.92 Å². The molecule has 0 unspecified atom stereocenters. The third kappa shape index (κ3) is 5.91. The van der Waals surface area contributed by atoms with Crippen molar-refractivity contribution in [1.29, 1.82) is 0 Å². The van der Waals surface area contributed by atoms with Crippen molar-refractivity contribution in [1.82, 2.24) is 9.62 Å². The van der Waals surface area contributed by atoms with E-state index in [0.717, 1.165) is 18.4 Å². The molecule has 178 valence electrons. The Balaban J connectivity index is 1.39. The summed E-state index contributed by atoms with van der Waals surface area (Å²) in [5.74, 6) is -0.665. The lowest BCUT2D eigenvalue weighted by molar-refractivity contribution is -0.126. The number of hydrogen-bond donors (Lipinski definition) is 1. The summed E-state index contributed by atoms with van der Waals surface area (Å²) in [6.45, 7) is 2.59. The van der Waals surface area contributed by atoms with Gasteiger partial charge in [0.15, 0.2) is 0 Å². The van der Waals surface area contributed by atoms with Crippen LogP contribution in [0.25, 0.3) is 0 Å². The zero-order valence-corrected chi connectivity index (χ0v) is 21.1. The number of hydrogen-bond acceptors (Lipinski definition) is 3. The minimum absolute atomic E-state index is 0.0929. The van der Waals surface area contributed by atoms with Crippen molar-refractivity contribution in [2.24, 2.45) is 5.92 Å². The fraction of sp³-hybridized carbons (Fsp3) is 0.480. The first-order chi connectivity index (χ1) is 15.7. The van der Waals surface area contributed by atoms with Crippen molar-refractivity contribution in [2.45, 2.75) is 57.2 Å². The highest BCUT2D eigenvalue weighted by atomic mass is 35.5. The molecular formula is C25H30Cl2N2O3S. The van der Waals surface area contributed by atoms with Crippen LogP contribution in [0.4, 0.5) is 0 Å². The average molecular weight is 509 g/mol. The Bertz CT molecular complexity index is 1140. The number of nitrogens with one attached hydrogen (secondary N) is 1. The lowest BCUT2D eigenvalue weighted by Crippen LogP contribution is -2.46. The third-order valence-electron chi connectivity index (χ3n) is 6.73. The Morgan fingerprint density at radius 3 is 2.61 bits per heavy atom. The number of piperidine rings is 1. The summed E-state index contributed by atoms with van der Waals surface area (Å²) in [4.78, 5) is 13.0. The van der Waals surface area contributed by atoms with E-state index in [2.05, 4.69) is 23.5 Å². The summed E-state index contributed by atoms with van der Waals surface area (Å²) in [5, 5.41) is 3.91. The fourth-order valence-electron chi connectivity index (χ4n) is 4.77. The number of sulfonamides is 1. The van der Waals surface area contributed by atoms with Crippen LogP contribution in [0.2, 0.25) is 10.0 Å². The number of carbonyl (C=O) groups is 1. The third-order valence-corrected chi connectivity index (χ3v) is 9.11. The SMILES string of the molecule is C[C@@H](NC(=O)[C@H]1CCCN(S(=O)(=O)Cc2ccc(Cl)cc2Cl)C1)c1ccc2c(c1)CCCC2. The van der Waals surface area contributed by atoms with E-state index in [0.29, 0.717) is 35.0 Å². The first-order valence-electron chi connectivity index (χ1n) is 11.6. The Labute approximate surface area is 206 Å². The van der Waals surface area contributed by atoms with Gasteiger partial charge >= 0.3 is 0 Å². The van der Waals surface area contributed by atoms with E-state index in [1.54, 1.807) is 18.2 Å². The fourth-order valence-corrected chi connectivity index (χ4v) is 6.97. The highest BCUT2D eigenvalue weighted by Gasteiger charge is 2.33. The maximum atomic E-state index is 13.0. The smallest absolute Gasteiger partial charge is 0.224 e. The molecule has 1 N–H and O–H groups in total. The van der Waals surface area contributed by atoms with Crippen molar-refractivity contribution in [2.75, 3.05) is 13.1 Å². The van der Waals surface area contributed by atoms with Crippen LogP contribution >= 0.6 is 23.2 Å². The molecule has 1 heterocycles. The normalized spacial score (nSPS) is 20.2. The van der Waals surface area contributed by atoms with E-state index in [-0.39, 0.29) is 30.2 Å². The van der Waals surface area contributed by atoms with Crippen molar-refractivity contribution in [3.8, 4) is 0 Å². The highest BCUT2D eigenvalue weighted by molar-refractivity contribution is 7.88. The van der Waals surface area contributed by atoms with Gasteiger partial charge in [-0.2, -0.15) is 0 Å². The standard InChI is InChI=1S/C25H30Cl2N2O3S/c1-17(19-9-8-18-5-2-3-6-20(18)13-19)28-25(30)21-7-4-12-29(15-21)33(31,32)16-22-10-11-23(26)14-24(22)27/h8-11,13-14,17,21H,2-7,12,15-16H2,1H3,(H,28,30)/t17-,21+/m1/s1. The number of rotatable bonds is 6. The summed E-state index contributed by atoms with van der Waals surface area (Å²) in [7, 11) is -3.60. The number of halogens is 2. The topological polar surface area (TPSA) is 66.5 Å². The van der Waals surface area contributed by atoms with Gasteiger partial charge in [-0.1, -0.05) is 47.5 Å². The zero-order chi connectivity index (χ0) is 23.6. The van der Waals surface area contributed by atoms with Crippen molar-refractivity contribution < 1.29 is 13.2 Å². The van der Waals surface area contributed by atoms with E-state index in [4.69, 9.17) is 23.2 Å². The van der Waals surface area contributed by atoms with Gasteiger partial charge in [0.05, 0.1) is 17.7 Å². The Morgan fingerprint density at radius 2 is 1.85 bits per heavy atom. The summed E-state index contributed by atoms with van der Waals surface area (Å²) in [5.41, 5.74) is 4.41. The number of fused-ring (bicyclic) bond motifs is 1. The van der Waals surface area contributed by atoms with Gasteiger partial charge in [-0.05, 0) is 79.8 Å². The van der Waals surface area contributed by atoms with Gasteiger partial charge in [0.1, 0.15) is 0 Å². The lowest BCUT2D eigenvalue weighted by atomic mass is 9.89. The predicted molar refractivity (Wildman–Crippen MR) is 133 cm³/mol. The molecule has 0 saturated carbocycles. The lowest BCUT2D eigenvalue weighted by Gasteiger charge is -2.32. The van der Waals surface area contributed by atoms with Gasteiger partial charge < -0.3 is 5.32 Å². The monoisotopic (exact) mass is 508 g/mol. The van der Waals surface area contributed by atoms with E-state index < -0.39 is 10.0 Å². The molecule has 2 aromatic carbocycles. The minimum Gasteiger partial charge on any atom is -0.349 e. The van der Waals surface area contributed by atoms with Crippen LogP contribution in [0.15, 0.2) is 36.4 Å². The molecule has 2 aliphatic rings. The number of benzene rings is 2. The molecular weight excluding hydrogens is 479 g/mol. The molecule has 0 aromatic heterocycles. The van der Waals surface area contributed by atoms with E-state index >= 15 is 0 Å². The van der Waals surface area contributed by atoms with Gasteiger partial charge in [-0.3, -0.25) is 4.79 Å². The number of amides is 1. The second-order valence-corrected chi connectivity index (χ2v) is 12.0. The Hall–Kier alpha value is -1.60.